The van der Waals surface area contributed by atoms with Crippen LogP contribution in [0.25, 0.3) is 0 Å². The monoisotopic (exact) mass is 276 g/mol. The molecule has 2 heterocycles. The molecule has 0 radical (unpaired) electrons. The minimum absolute atomic E-state index is 0.363. The van der Waals surface area contributed by atoms with Crippen LogP contribution in [-0.2, 0) is 6.42 Å². The summed E-state index contributed by atoms with van der Waals surface area (Å²) in [6, 6.07) is 1.54. The number of nitrogens with zero attached hydrogens (tertiary/aromatic N) is 3. The molecule has 0 aromatic carbocycles. The first-order valence-electron chi connectivity index (χ1n) is 8.29. The Morgan fingerprint density at radius 1 is 1.30 bits per heavy atom. The predicted octanol–water partition coefficient (Wildman–Crippen LogP) is 2.88. The van der Waals surface area contributed by atoms with Gasteiger partial charge in [0.1, 0.15) is 0 Å². The second-order valence-corrected chi connectivity index (χ2v) is 6.56. The van der Waals surface area contributed by atoms with Crippen LogP contribution in [0.1, 0.15) is 64.1 Å². The normalized spacial score (nSPS) is 28.2. The number of aromatic nitrogens is 2. The van der Waals surface area contributed by atoms with Crippen molar-refractivity contribution in [1.82, 2.24) is 9.55 Å². The van der Waals surface area contributed by atoms with Crippen molar-refractivity contribution < 1.29 is 0 Å². The highest BCUT2D eigenvalue weighted by molar-refractivity contribution is 5.37. The van der Waals surface area contributed by atoms with Gasteiger partial charge in [0.15, 0.2) is 0 Å². The van der Waals surface area contributed by atoms with Crippen LogP contribution in [0, 0.1) is 0 Å². The second-order valence-electron chi connectivity index (χ2n) is 6.56. The number of hydrogen-bond acceptors (Lipinski definition) is 3. The molecule has 4 nitrogen and oxygen atoms in total. The Kier molecular flexibility index (Phi) is 4.01. The van der Waals surface area contributed by atoms with Crippen molar-refractivity contribution in [3.8, 4) is 0 Å². The van der Waals surface area contributed by atoms with E-state index in [4.69, 9.17) is 10.7 Å². The van der Waals surface area contributed by atoms with E-state index < -0.39 is 0 Å². The van der Waals surface area contributed by atoms with Crippen molar-refractivity contribution in [2.45, 2.75) is 76.9 Å². The number of anilines is 1. The molecule has 1 aliphatic carbocycles. The van der Waals surface area contributed by atoms with Crippen LogP contribution in [0.15, 0.2) is 6.20 Å². The molecule has 20 heavy (non-hydrogen) atoms. The molecule has 1 aromatic rings. The molecule has 1 aliphatic heterocycles. The third kappa shape index (κ3) is 2.58. The number of rotatable bonds is 3. The zero-order chi connectivity index (χ0) is 14.1. The molecule has 0 bridgehead atoms. The summed E-state index contributed by atoms with van der Waals surface area (Å²) in [7, 11) is 0. The topological polar surface area (TPSA) is 47.1 Å². The molecule has 1 saturated carbocycles. The zero-order valence-electron chi connectivity index (χ0n) is 12.9. The Hall–Kier alpha value is -1.03. The van der Waals surface area contributed by atoms with Crippen LogP contribution in [0.3, 0.4) is 0 Å². The van der Waals surface area contributed by atoms with Gasteiger partial charge in [0.2, 0.25) is 5.95 Å². The maximum Gasteiger partial charge on any atom is 0.206 e. The average molecular weight is 276 g/mol. The fourth-order valence-corrected chi connectivity index (χ4v) is 3.77. The molecule has 0 amide bonds. The highest BCUT2D eigenvalue weighted by Crippen LogP contribution is 2.34. The Balaban J connectivity index is 1.88. The molecule has 3 rings (SSSR count). The molecule has 112 valence electrons. The molecule has 1 aromatic heterocycles. The largest absolute Gasteiger partial charge is 0.339 e. The van der Waals surface area contributed by atoms with Gasteiger partial charge in [0, 0.05) is 30.9 Å². The Morgan fingerprint density at radius 2 is 2.05 bits per heavy atom. The average Bonchev–Trinajstić information content (AvgIpc) is 3.07. The molecule has 4 heteroatoms. The fourth-order valence-electron chi connectivity index (χ4n) is 3.77. The third-order valence-corrected chi connectivity index (χ3v) is 5.02. The molecule has 2 aliphatic rings. The first kappa shape index (κ1) is 13.9. The quantitative estimate of drug-likeness (QED) is 0.923. The van der Waals surface area contributed by atoms with Gasteiger partial charge in [0.25, 0.3) is 0 Å². The predicted molar refractivity (Wildman–Crippen MR) is 83.1 cm³/mol. The summed E-state index contributed by atoms with van der Waals surface area (Å²) in [6.45, 7) is 5.54. The SMILES string of the molecule is CCc1cn(C2CCCC2)c(N2CCC(N)CC2C)n1. The third-order valence-electron chi connectivity index (χ3n) is 5.02. The van der Waals surface area contributed by atoms with E-state index in [9.17, 15) is 0 Å². The summed E-state index contributed by atoms with van der Waals surface area (Å²) in [4.78, 5) is 7.41. The van der Waals surface area contributed by atoms with E-state index in [-0.39, 0.29) is 0 Å². The minimum Gasteiger partial charge on any atom is -0.339 e. The molecule has 2 fully saturated rings. The van der Waals surface area contributed by atoms with Crippen molar-refractivity contribution in [2.75, 3.05) is 11.4 Å². The summed E-state index contributed by atoms with van der Waals surface area (Å²) in [5.41, 5.74) is 7.33. The van der Waals surface area contributed by atoms with Crippen LogP contribution >= 0.6 is 0 Å². The standard InChI is InChI=1S/C16H28N4/c1-3-14-11-20(15-6-4-5-7-15)16(18-14)19-9-8-13(17)10-12(19)2/h11-13,15H,3-10,17H2,1-2H3. The molecule has 2 unspecified atom stereocenters. The summed E-state index contributed by atoms with van der Waals surface area (Å²) in [5, 5.41) is 0. The lowest BCUT2D eigenvalue weighted by molar-refractivity contribution is 0.411. The fraction of sp³-hybridized carbons (Fsp3) is 0.812. The van der Waals surface area contributed by atoms with Gasteiger partial charge in [-0.25, -0.2) is 4.98 Å². The van der Waals surface area contributed by atoms with E-state index in [1.807, 2.05) is 0 Å². The second kappa shape index (κ2) is 5.76. The first-order chi connectivity index (χ1) is 9.69. The molecule has 2 atom stereocenters. The molecular formula is C16H28N4. The summed E-state index contributed by atoms with van der Waals surface area (Å²) >= 11 is 0. The number of piperidine rings is 1. The van der Waals surface area contributed by atoms with Gasteiger partial charge in [-0.2, -0.15) is 0 Å². The number of hydrogen-bond donors (Lipinski definition) is 1. The lowest BCUT2D eigenvalue weighted by Crippen LogP contribution is -2.46. The van der Waals surface area contributed by atoms with Crippen LogP contribution in [0.2, 0.25) is 0 Å². The smallest absolute Gasteiger partial charge is 0.206 e. The molecule has 1 saturated heterocycles. The highest BCUT2D eigenvalue weighted by Gasteiger charge is 2.29. The van der Waals surface area contributed by atoms with Crippen LogP contribution < -0.4 is 10.6 Å². The molecular weight excluding hydrogens is 248 g/mol. The van der Waals surface area contributed by atoms with Crippen molar-refractivity contribution in [3.63, 3.8) is 0 Å². The van der Waals surface area contributed by atoms with Crippen LogP contribution in [-0.4, -0.2) is 28.2 Å². The van der Waals surface area contributed by atoms with Gasteiger partial charge in [-0.05, 0) is 39.0 Å². The van der Waals surface area contributed by atoms with Crippen molar-refractivity contribution in [2.24, 2.45) is 5.73 Å². The van der Waals surface area contributed by atoms with E-state index in [1.54, 1.807) is 0 Å². The van der Waals surface area contributed by atoms with Gasteiger partial charge in [-0.1, -0.05) is 19.8 Å². The van der Waals surface area contributed by atoms with Gasteiger partial charge >= 0.3 is 0 Å². The Bertz CT molecular complexity index is 447. The lowest BCUT2D eigenvalue weighted by atomic mass is 10.00. The van der Waals surface area contributed by atoms with Crippen molar-refractivity contribution in [1.29, 1.82) is 0 Å². The van der Waals surface area contributed by atoms with Gasteiger partial charge in [0.05, 0.1) is 5.69 Å². The van der Waals surface area contributed by atoms with E-state index >= 15 is 0 Å². The van der Waals surface area contributed by atoms with Crippen molar-refractivity contribution >= 4 is 5.95 Å². The van der Waals surface area contributed by atoms with E-state index in [0.29, 0.717) is 18.1 Å². The molecule has 2 N–H and O–H groups in total. The number of nitrogens with two attached hydrogens (primary N) is 1. The number of aryl methyl sites for hydroxylation is 1. The van der Waals surface area contributed by atoms with E-state index in [0.717, 1.165) is 25.8 Å². The maximum absolute atomic E-state index is 6.10. The summed E-state index contributed by atoms with van der Waals surface area (Å²) < 4.78 is 2.47. The highest BCUT2D eigenvalue weighted by atomic mass is 15.3. The van der Waals surface area contributed by atoms with Crippen molar-refractivity contribution in [3.05, 3.63) is 11.9 Å². The van der Waals surface area contributed by atoms with E-state index in [1.165, 1.54) is 37.3 Å². The van der Waals surface area contributed by atoms with E-state index in [2.05, 4.69) is 29.5 Å². The van der Waals surface area contributed by atoms with Gasteiger partial charge in [-0.3, -0.25) is 0 Å². The lowest BCUT2D eigenvalue weighted by Gasteiger charge is -2.38. The Labute approximate surface area is 122 Å². The Morgan fingerprint density at radius 3 is 2.70 bits per heavy atom. The first-order valence-corrected chi connectivity index (χ1v) is 8.29. The summed E-state index contributed by atoms with van der Waals surface area (Å²) in [6.07, 6.45) is 10.8. The zero-order valence-corrected chi connectivity index (χ0v) is 12.9. The number of imidazole rings is 1. The van der Waals surface area contributed by atoms with Crippen LogP contribution in [0.5, 0.6) is 0 Å². The maximum atomic E-state index is 6.10. The van der Waals surface area contributed by atoms with Gasteiger partial charge in [-0.15, -0.1) is 0 Å². The summed E-state index contributed by atoms with van der Waals surface area (Å²) in [5.74, 6) is 1.20. The molecule has 0 spiro atoms. The van der Waals surface area contributed by atoms with Crippen LogP contribution in [0.4, 0.5) is 5.95 Å². The van der Waals surface area contributed by atoms with Gasteiger partial charge < -0.3 is 15.2 Å². The minimum atomic E-state index is 0.363.